The third-order valence-corrected chi connectivity index (χ3v) is 2.66. The summed E-state index contributed by atoms with van der Waals surface area (Å²) in [5.74, 6) is 0. The Morgan fingerprint density at radius 1 is 1.29 bits per heavy atom. The number of pyridine rings is 1. The summed E-state index contributed by atoms with van der Waals surface area (Å²) >= 11 is 0. The first-order valence-electron chi connectivity index (χ1n) is 5.74. The van der Waals surface area contributed by atoms with Gasteiger partial charge in [-0.25, -0.2) is 0 Å². The van der Waals surface area contributed by atoms with Gasteiger partial charge in [0.15, 0.2) is 0 Å². The highest BCUT2D eigenvalue weighted by Gasteiger charge is 2.01. The number of para-hydroxylation sites is 1. The first-order chi connectivity index (χ1) is 8.31. The van der Waals surface area contributed by atoms with Gasteiger partial charge in [-0.05, 0) is 30.5 Å². The van der Waals surface area contributed by atoms with Crippen molar-refractivity contribution in [2.75, 3.05) is 13.2 Å². The zero-order valence-electron chi connectivity index (χ0n) is 9.57. The predicted octanol–water partition coefficient (Wildman–Crippen LogP) is 1.00. The second-order valence-electron chi connectivity index (χ2n) is 3.96. The van der Waals surface area contributed by atoms with Crippen molar-refractivity contribution in [1.29, 1.82) is 0 Å². The molecular formula is C13H16N2O2. The summed E-state index contributed by atoms with van der Waals surface area (Å²) in [4.78, 5) is 14.6. The topological polar surface area (TPSA) is 65.1 Å². The minimum absolute atomic E-state index is 0.0554. The third kappa shape index (κ3) is 2.93. The number of rotatable bonds is 5. The number of aromatic nitrogens is 1. The number of hydrogen-bond donors (Lipinski definition) is 3. The van der Waals surface area contributed by atoms with Crippen molar-refractivity contribution < 1.29 is 5.11 Å². The van der Waals surface area contributed by atoms with E-state index in [1.54, 1.807) is 0 Å². The van der Waals surface area contributed by atoms with Crippen LogP contribution in [0.1, 0.15) is 12.0 Å². The maximum absolute atomic E-state index is 11.8. The highest BCUT2D eigenvalue weighted by molar-refractivity contribution is 5.78. The van der Waals surface area contributed by atoms with Gasteiger partial charge in [-0.3, -0.25) is 4.79 Å². The Morgan fingerprint density at radius 2 is 2.12 bits per heavy atom. The third-order valence-electron chi connectivity index (χ3n) is 2.66. The Bertz CT molecular complexity index is 548. The zero-order chi connectivity index (χ0) is 12.1. The molecule has 2 aromatic rings. The van der Waals surface area contributed by atoms with Gasteiger partial charge in [-0.2, -0.15) is 0 Å². The van der Waals surface area contributed by atoms with E-state index in [2.05, 4.69) is 10.3 Å². The van der Waals surface area contributed by atoms with E-state index in [9.17, 15) is 4.79 Å². The molecule has 0 aliphatic rings. The molecule has 0 spiro atoms. The average molecular weight is 232 g/mol. The summed E-state index contributed by atoms with van der Waals surface area (Å²) in [6.07, 6.45) is 0.700. The molecule has 2 rings (SSSR count). The van der Waals surface area contributed by atoms with E-state index in [1.807, 2.05) is 30.3 Å². The number of H-pyrrole nitrogens is 1. The SMILES string of the molecule is O=c1[nH]c2ccccc2cc1CNCCCO. The van der Waals surface area contributed by atoms with Crippen LogP contribution >= 0.6 is 0 Å². The summed E-state index contributed by atoms with van der Waals surface area (Å²) in [5, 5.41) is 12.8. The molecule has 1 aromatic carbocycles. The molecule has 0 radical (unpaired) electrons. The normalized spacial score (nSPS) is 10.9. The number of hydrogen-bond acceptors (Lipinski definition) is 3. The van der Waals surface area contributed by atoms with Crippen LogP contribution in [0.3, 0.4) is 0 Å². The first kappa shape index (κ1) is 11.8. The van der Waals surface area contributed by atoms with E-state index < -0.39 is 0 Å². The Labute approximate surface area is 99.3 Å². The van der Waals surface area contributed by atoms with Crippen molar-refractivity contribution in [3.05, 3.63) is 46.2 Å². The lowest BCUT2D eigenvalue weighted by atomic mass is 10.1. The van der Waals surface area contributed by atoms with Crippen LogP contribution in [-0.4, -0.2) is 23.2 Å². The van der Waals surface area contributed by atoms with Gasteiger partial charge >= 0.3 is 0 Å². The fraction of sp³-hybridized carbons (Fsp3) is 0.308. The monoisotopic (exact) mass is 232 g/mol. The largest absolute Gasteiger partial charge is 0.396 e. The molecule has 0 saturated heterocycles. The lowest BCUT2D eigenvalue weighted by molar-refractivity contribution is 0.286. The van der Waals surface area contributed by atoms with Crippen LogP contribution in [0.5, 0.6) is 0 Å². The number of aliphatic hydroxyl groups is 1. The van der Waals surface area contributed by atoms with Crippen LogP contribution in [0.2, 0.25) is 0 Å². The van der Waals surface area contributed by atoms with E-state index in [0.717, 1.165) is 16.5 Å². The quantitative estimate of drug-likeness (QED) is 0.674. The van der Waals surface area contributed by atoms with Crippen LogP contribution in [0.15, 0.2) is 35.1 Å². The van der Waals surface area contributed by atoms with E-state index in [1.165, 1.54) is 0 Å². The predicted molar refractivity (Wildman–Crippen MR) is 68.0 cm³/mol. The van der Waals surface area contributed by atoms with Crippen LogP contribution < -0.4 is 10.9 Å². The molecule has 0 aliphatic carbocycles. The summed E-state index contributed by atoms with van der Waals surface area (Å²) < 4.78 is 0. The Balaban J connectivity index is 2.17. The van der Waals surface area contributed by atoms with Crippen molar-refractivity contribution in [3.63, 3.8) is 0 Å². The molecule has 0 unspecified atom stereocenters. The van der Waals surface area contributed by atoms with E-state index >= 15 is 0 Å². The maximum atomic E-state index is 11.8. The van der Waals surface area contributed by atoms with Crippen LogP contribution in [-0.2, 0) is 6.54 Å². The number of aliphatic hydroxyl groups excluding tert-OH is 1. The summed E-state index contributed by atoms with van der Waals surface area (Å²) in [7, 11) is 0. The van der Waals surface area contributed by atoms with Crippen molar-refractivity contribution in [2.24, 2.45) is 0 Å². The molecule has 17 heavy (non-hydrogen) atoms. The molecule has 90 valence electrons. The highest BCUT2D eigenvalue weighted by atomic mass is 16.3. The average Bonchev–Trinajstić information content (AvgIpc) is 2.35. The number of aromatic amines is 1. The minimum atomic E-state index is -0.0554. The van der Waals surface area contributed by atoms with Crippen molar-refractivity contribution in [2.45, 2.75) is 13.0 Å². The fourth-order valence-corrected chi connectivity index (χ4v) is 1.75. The second kappa shape index (κ2) is 5.61. The van der Waals surface area contributed by atoms with Crippen LogP contribution in [0.25, 0.3) is 10.9 Å². The maximum Gasteiger partial charge on any atom is 0.252 e. The van der Waals surface area contributed by atoms with Gasteiger partial charge in [0.1, 0.15) is 0 Å². The Morgan fingerprint density at radius 3 is 2.94 bits per heavy atom. The van der Waals surface area contributed by atoms with Gasteiger partial charge in [0.05, 0.1) is 0 Å². The smallest absolute Gasteiger partial charge is 0.252 e. The van der Waals surface area contributed by atoms with Crippen molar-refractivity contribution >= 4 is 10.9 Å². The summed E-state index contributed by atoms with van der Waals surface area (Å²) in [6, 6.07) is 9.61. The van der Waals surface area contributed by atoms with E-state index in [-0.39, 0.29) is 12.2 Å². The number of fused-ring (bicyclic) bond motifs is 1. The van der Waals surface area contributed by atoms with Gasteiger partial charge in [-0.1, -0.05) is 18.2 Å². The molecule has 4 nitrogen and oxygen atoms in total. The van der Waals surface area contributed by atoms with Crippen LogP contribution in [0, 0.1) is 0 Å². The van der Waals surface area contributed by atoms with Gasteiger partial charge in [-0.15, -0.1) is 0 Å². The van der Waals surface area contributed by atoms with Gasteiger partial charge in [0, 0.05) is 24.2 Å². The molecule has 4 heteroatoms. The zero-order valence-corrected chi connectivity index (χ0v) is 9.57. The standard InChI is InChI=1S/C13H16N2O2/c16-7-3-6-14-9-11-8-10-4-1-2-5-12(10)15-13(11)17/h1-2,4-5,8,14,16H,3,6-7,9H2,(H,15,17). The van der Waals surface area contributed by atoms with Crippen LogP contribution in [0.4, 0.5) is 0 Å². The molecule has 3 N–H and O–H groups in total. The van der Waals surface area contributed by atoms with E-state index in [0.29, 0.717) is 19.5 Å². The molecule has 0 saturated carbocycles. The second-order valence-corrected chi connectivity index (χ2v) is 3.96. The molecular weight excluding hydrogens is 216 g/mol. The Hall–Kier alpha value is -1.65. The summed E-state index contributed by atoms with van der Waals surface area (Å²) in [6.45, 7) is 1.41. The molecule has 0 bridgehead atoms. The summed E-state index contributed by atoms with van der Waals surface area (Å²) in [5.41, 5.74) is 1.53. The lowest BCUT2D eigenvalue weighted by Gasteiger charge is -2.04. The van der Waals surface area contributed by atoms with Gasteiger partial charge in [0.2, 0.25) is 0 Å². The van der Waals surface area contributed by atoms with Crippen molar-refractivity contribution in [3.8, 4) is 0 Å². The lowest BCUT2D eigenvalue weighted by Crippen LogP contribution is -2.22. The first-order valence-corrected chi connectivity index (χ1v) is 5.74. The molecule has 0 aliphatic heterocycles. The molecule has 0 amide bonds. The number of nitrogens with one attached hydrogen (secondary N) is 2. The van der Waals surface area contributed by atoms with Gasteiger partial charge < -0.3 is 15.4 Å². The molecule has 0 atom stereocenters. The molecule has 1 aromatic heterocycles. The highest BCUT2D eigenvalue weighted by Crippen LogP contribution is 2.09. The number of benzene rings is 1. The van der Waals surface area contributed by atoms with Crippen molar-refractivity contribution in [1.82, 2.24) is 10.3 Å². The Kier molecular flexibility index (Phi) is 3.90. The molecule has 1 heterocycles. The molecule has 0 fully saturated rings. The fourth-order valence-electron chi connectivity index (χ4n) is 1.75. The van der Waals surface area contributed by atoms with Gasteiger partial charge in [0.25, 0.3) is 5.56 Å². The van der Waals surface area contributed by atoms with E-state index in [4.69, 9.17) is 5.11 Å². The minimum Gasteiger partial charge on any atom is -0.396 e.